The van der Waals surface area contributed by atoms with E-state index in [-0.39, 0.29) is 11.8 Å². The van der Waals surface area contributed by atoms with Crippen molar-refractivity contribution in [2.24, 2.45) is 10.9 Å². The molecule has 1 aromatic rings. The van der Waals surface area contributed by atoms with Gasteiger partial charge in [0.1, 0.15) is 0 Å². The summed E-state index contributed by atoms with van der Waals surface area (Å²) in [6, 6.07) is 6.58. The number of nitrogens with zero attached hydrogens (tertiary/aromatic N) is 3. The first kappa shape index (κ1) is 22.4. The molecule has 30 heavy (non-hydrogen) atoms. The number of rotatable bonds is 9. The number of nitrogens with one attached hydrogen (secondary N) is 3. The molecule has 2 fully saturated rings. The summed E-state index contributed by atoms with van der Waals surface area (Å²) in [5.74, 6) is 1.29. The number of anilines is 1. The van der Waals surface area contributed by atoms with Crippen LogP contribution in [0.5, 0.6) is 0 Å². The van der Waals surface area contributed by atoms with Gasteiger partial charge >= 0.3 is 0 Å². The fourth-order valence-corrected chi connectivity index (χ4v) is 3.79. The van der Waals surface area contributed by atoms with Gasteiger partial charge in [-0.25, -0.2) is 0 Å². The molecule has 0 bridgehead atoms. The summed E-state index contributed by atoms with van der Waals surface area (Å²) in [6.07, 6.45) is 2.09. The third-order valence-electron chi connectivity index (χ3n) is 5.98. The zero-order chi connectivity index (χ0) is 21.3. The van der Waals surface area contributed by atoms with Crippen molar-refractivity contribution >= 4 is 17.6 Å². The molecule has 3 rings (SSSR count). The number of guanidine groups is 1. The van der Waals surface area contributed by atoms with Crippen LogP contribution < -0.4 is 20.9 Å². The molecule has 0 unspecified atom stereocenters. The second-order valence-corrected chi connectivity index (χ2v) is 8.30. The highest BCUT2D eigenvalue weighted by Crippen LogP contribution is 2.28. The molecule has 1 amide bonds. The number of hydrogen-bond donors (Lipinski definition) is 3. The molecule has 0 radical (unpaired) electrons. The zero-order valence-corrected chi connectivity index (χ0v) is 18.8. The second kappa shape index (κ2) is 11.2. The maximum atomic E-state index is 11.7. The summed E-state index contributed by atoms with van der Waals surface area (Å²) in [5, 5.41) is 9.57. The Labute approximate surface area is 181 Å². The molecular formula is C23H38N6O. The maximum Gasteiger partial charge on any atom is 0.223 e. The Morgan fingerprint density at radius 3 is 2.50 bits per heavy atom. The van der Waals surface area contributed by atoms with Crippen LogP contribution >= 0.6 is 0 Å². The molecule has 1 aromatic carbocycles. The number of aliphatic imine (C=N–C) groups is 1. The Morgan fingerprint density at radius 1 is 1.07 bits per heavy atom. The SMILES string of the molecule is CCNC(=NCCN1CCN(c2cccc(C)c2C)CC1)NCCNC(=O)C1CC1. The first-order chi connectivity index (χ1) is 14.6. The molecule has 7 heteroatoms. The summed E-state index contributed by atoms with van der Waals surface area (Å²) in [5.41, 5.74) is 4.13. The van der Waals surface area contributed by atoms with Gasteiger partial charge in [-0.3, -0.25) is 14.7 Å². The minimum atomic E-state index is 0.193. The summed E-state index contributed by atoms with van der Waals surface area (Å²) in [6.45, 7) is 14.6. The minimum absolute atomic E-state index is 0.193. The molecule has 1 heterocycles. The molecule has 1 saturated carbocycles. The molecule has 0 aromatic heterocycles. The van der Waals surface area contributed by atoms with E-state index in [1.165, 1.54) is 16.8 Å². The van der Waals surface area contributed by atoms with Crippen molar-refractivity contribution in [1.29, 1.82) is 0 Å². The number of carbonyl (C=O) groups is 1. The van der Waals surface area contributed by atoms with Crippen LogP contribution in [0.3, 0.4) is 0 Å². The second-order valence-electron chi connectivity index (χ2n) is 8.30. The number of piperazine rings is 1. The van der Waals surface area contributed by atoms with Gasteiger partial charge in [-0.15, -0.1) is 0 Å². The van der Waals surface area contributed by atoms with Gasteiger partial charge in [0.05, 0.1) is 6.54 Å². The van der Waals surface area contributed by atoms with E-state index in [0.29, 0.717) is 13.1 Å². The van der Waals surface area contributed by atoms with E-state index < -0.39 is 0 Å². The van der Waals surface area contributed by atoms with E-state index in [9.17, 15) is 4.79 Å². The molecule has 7 nitrogen and oxygen atoms in total. The van der Waals surface area contributed by atoms with Crippen LogP contribution in [-0.4, -0.2) is 75.7 Å². The Morgan fingerprint density at radius 2 is 1.80 bits per heavy atom. The van der Waals surface area contributed by atoms with Crippen molar-refractivity contribution in [2.75, 3.05) is 63.8 Å². The number of amides is 1. The van der Waals surface area contributed by atoms with Gasteiger partial charge in [0.15, 0.2) is 5.96 Å². The standard InChI is InChI=1S/C23H38N6O/c1-4-24-23(26-11-10-25-22(30)20-8-9-20)27-12-13-28-14-16-29(17-15-28)21-7-5-6-18(2)19(21)3/h5-7,20H,4,8-17H2,1-3H3,(H,25,30)(H2,24,26,27). The van der Waals surface area contributed by atoms with Gasteiger partial charge in [0.2, 0.25) is 5.91 Å². The Balaban J connectivity index is 1.36. The molecule has 0 atom stereocenters. The first-order valence-corrected chi connectivity index (χ1v) is 11.4. The van der Waals surface area contributed by atoms with E-state index in [1.807, 2.05) is 0 Å². The molecule has 166 valence electrons. The van der Waals surface area contributed by atoms with Crippen LogP contribution in [0.4, 0.5) is 5.69 Å². The average molecular weight is 415 g/mol. The molecule has 1 aliphatic carbocycles. The van der Waals surface area contributed by atoms with E-state index in [1.54, 1.807) is 0 Å². The van der Waals surface area contributed by atoms with Crippen LogP contribution in [0.25, 0.3) is 0 Å². The molecule has 1 aliphatic heterocycles. The van der Waals surface area contributed by atoms with Gasteiger partial charge in [-0.1, -0.05) is 12.1 Å². The van der Waals surface area contributed by atoms with E-state index in [0.717, 1.165) is 64.6 Å². The zero-order valence-electron chi connectivity index (χ0n) is 18.8. The van der Waals surface area contributed by atoms with Crippen LogP contribution in [0.1, 0.15) is 30.9 Å². The highest BCUT2D eigenvalue weighted by Gasteiger charge is 2.29. The number of aryl methyl sites for hydroxylation is 1. The smallest absolute Gasteiger partial charge is 0.223 e. The fraction of sp³-hybridized carbons (Fsp3) is 0.652. The van der Waals surface area contributed by atoms with Crippen LogP contribution in [0.15, 0.2) is 23.2 Å². The fourth-order valence-electron chi connectivity index (χ4n) is 3.79. The molecule has 1 saturated heterocycles. The molecular weight excluding hydrogens is 376 g/mol. The lowest BCUT2D eigenvalue weighted by Crippen LogP contribution is -2.47. The maximum absolute atomic E-state index is 11.7. The van der Waals surface area contributed by atoms with Gasteiger partial charge in [-0.05, 0) is 50.8 Å². The van der Waals surface area contributed by atoms with Crippen molar-refractivity contribution in [3.63, 3.8) is 0 Å². The molecule has 0 spiro atoms. The number of benzene rings is 1. The van der Waals surface area contributed by atoms with Crippen LogP contribution in [0, 0.1) is 19.8 Å². The minimum Gasteiger partial charge on any atom is -0.369 e. The average Bonchev–Trinajstić information content (AvgIpc) is 3.59. The summed E-state index contributed by atoms with van der Waals surface area (Å²) >= 11 is 0. The molecule has 2 aliphatic rings. The third-order valence-corrected chi connectivity index (χ3v) is 5.98. The van der Waals surface area contributed by atoms with Crippen LogP contribution in [0.2, 0.25) is 0 Å². The van der Waals surface area contributed by atoms with E-state index >= 15 is 0 Å². The van der Waals surface area contributed by atoms with E-state index in [4.69, 9.17) is 4.99 Å². The summed E-state index contributed by atoms with van der Waals surface area (Å²) in [7, 11) is 0. The Kier molecular flexibility index (Phi) is 8.37. The first-order valence-electron chi connectivity index (χ1n) is 11.4. The Hall–Kier alpha value is -2.28. The lowest BCUT2D eigenvalue weighted by atomic mass is 10.1. The van der Waals surface area contributed by atoms with Gasteiger partial charge in [0.25, 0.3) is 0 Å². The highest BCUT2D eigenvalue weighted by molar-refractivity contribution is 5.81. The van der Waals surface area contributed by atoms with Crippen molar-refractivity contribution in [3.05, 3.63) is 29.3 Å². The lowest BCUT2D eigenvalue weighted by molar-refractivity contribution is -0.122. The van der Waals surface area contributed by atoms with Crippen molar-refractivity contribution in [1.82, 2.24) is 20.9 Å². The largest absolute Gasteiger partial charge is 0.369 e. The van der Waals surface area contributed by atoms with Crippen molar-refractivity contribution in [3.8, 4) is 0 Å². The van der Waals surface area contributed by atoms with Gasteiger partial charge in [-0.2, -0.15) is 0 Å². The van der Waals surface area contributed by atoms with E-state index in [2.05, 4.69) is 64.7 Å². The highest BCUT2D eigenvalue weighted by atomic mass is 16.2. The number of carbonyl (C=O) groups excluding carboxylic acids is 1. The molecule has 3 N–H and O–H groups in total. The van der Waals surface area contributed by atoms with Gasteiger partial charge < -0.3 is 20.9 Å². The van der Waals surface area contributed by atoms with Crippen molar-refractivity contribution in [2.45, 2.75) is 33.6 Å². The van der Waals surface area contributed by atoms with Gasteiger partial charge in [0, 0.05) is 64.0 Å². The lowest BCUT2D eigenvalue weighted by Gasteiger charge is -2.36. The third kappa shape index (κ3) is 6.62. The number of hydrogen-bond acceptors (Lipinski definition) is 4. The normalized spacial score (nSPS) is 17.7. The predicted octanol–water partition coefficient (Wildman–Crippen LogP) is 1.51. The topological polar surface area (TPSA) is 72.0 Å². The summed E-state index contributed by atoms with van der Waals surface area (Å²) in [4.78, 5) is 21.4. The summed E-state index contributed by atoms with van der Waals surface area (Å²) < 4.78 is 0. The van der Waals surface area contributed by atoms with Crippen LogP contribution in [-0.2, 0) is 4.79 Å². The monoisotopic (exact) mass is 414 g/mol. The van der Waals surface area contributed by atoms with Crippen molar-refractivity contribution < 1.29 is 4.79 Å². The predicted molar refractivity (Wildman–Crippen MR) is 124 cm³/mol. The Bertz CT molecular complexity index is 722. The quantitative estimate of drug-likeness (QED) is 0.325.